The molecule has 3 aliphatic heterocycles. The fourth-order valence-corrected chi connectivity index (χ4v) is 7.43. The topological polar surface area (TPSA) is 54.5 Å². The van der Waals surface area contributed by atoms with Crippen molar-refractivity contribution < 1.29 is 19.0 Å². The summed E-state index contributed by atoms with van der Waals surface area (Å²) >= 11 is 0. The highest BCUT2D eigenvalue weighted by atomic mass is 16.6. The number of ether oxygens (including phenoxy) is 3. The molecule has 0 bridgehead atoms. The Morgan fingerprint density at radius 3 is 2.56 bits per heavy atom. The van der Waals surface area contributed by atoms with E-state index < -0.39 is 0 Å². The Morgan fingerprint density at radius 1 is 1.12 bits per heavy atom. The van der Waals surface area contributed by atoms with E-state index in [0.29, 0.717) is 11.8 Å². The van der Waals surface area contributed by atoms with Gasteiger partial charge >= 0.3 is 5.97 Å². The predicted molar refractivity (Wildman–Crippen MR) is 122 cm³/mol. The van der Waals surface area contributed by atoms with Crippen molar-refractivity contribution in [2.45, 2.75) is 50.7 Å². The number of anilines is 1. The number of hydrogen-bond donors (Lipinski definition) is 0. The summed E-state index contributed by atoms with van der Waals surface area (Å²) in [6, 6.07) is 8.31. The minimum Gasteiger partial charge on any atom is -0.497 e. The van der Waals surface area contributed by atoms with E-state index >= 15 is 0 Å². The van der Waals surface area contributed by atoms with Crippen molar-refractivity contribution in [1.29, 1.82) is 0 Å². The summed E-state index contributed by atoms with van der Waals surface area (Å²) < 4.78 is 17.3. The lowest BCUT2D eigenvalue weighted by Crippen LogP contribution is -2.52. The van der Waals surface area contributed by atoms with Crippen molar-refractivity contribution in [3.63, 3.8) is 0 Å². The van der Waals surface area contributed by atoms with Crippen LogP contribution in [0.4, 0.5) is 5.69 Å². The van der Waals surface area contributed by atoms with Gasteiger partial charge < -0.3 is 19.1 Å². The van der Waals surface area contributed by atoms with Gasteiger partial charge in [0.1, 0.15) is 11.9 Å². The van der Waals surface area contributed by atoms with Crippen molar-refractivity contribution in [2.24, 2.45) is 23.2 Å². The van der Waals surface area contributed by atoms with Crippen LogP contribution in [0.2, 0.25) is 0 Å². The predicted octanol–water partition coefficient (Wildman–Crippen LogP) is 3.34. The summed E-state index contributed by atoms with van der Waals surface area (Å²) in [5.41, 5.74) is 1.64. The van der Waals surface area contributed by atoms with Crippen molar-refractivity contribution >= 4 is 11.7 Å². The molecule has 6 rings (SSSR count). The summed E-state index contributed by atoms with van der Waals surface area (Å²) in [4.78, 5) is 17.8. The first-order valence-corrected chi connectivity index (χ1v) is 12.5. The van der Waals surface area contributed by atoms with E-state index in [1.807, 2.05) is 12.1 Å². The van der Waals surface area contributed by atoms with E-state index in [1.165, 1.54) is 24.9 Å². The highest BCUT2D eigenvalue weighted by Gasteiger charge is 2.65. The monoisotopic (exact) mass is 440 g/mol. The van der Waals surface area contributed by atoms with E-state index in [9.17, 15) is 4.79 Å². The van der Waals surface area contributed by atoms with Crippen LogP contribution < -0.4 is 9.64 Å². The van der Waals surface area contributed by atoms with Gasteiger partial charge in [0.05, 0.1) is 25.2 Å². The Kier molecular flexibility index (Phi) is 4.95. The Labute approximate surface area is 191 Å². The number of nitrogens with zero attached hydrogens (tertiary/aromatic N) is 2. The molecule has 2 saturated carbocycles. The largest absolute Gasteiger partial charge is 0.497 e. The molecule has 0 N–H and O–H groups in total. The molecule has 0 unspecified atom stereocenters. The molecular formula is C26H36N2O4. The minimum absolute atomic E-state index is 0.0230. The maximum absolute atomic E-state index is 12.9. The zero-order valence-corrected chi connectivity index (χ0v) is 19.4. The number of carbonyl (C=O) groups is 1. The molecule has 0 aromatic heterocycles. The number of esters is 1. The van der Waals surface area contributed by atoms with E-state index in [-0.39, 0.29) is 29.0 Å². The Hall–Kier alpha value is -1.79. The third kappa shape index (κ3) is 3.41. The first-order valence-electron chi connectivity index (χ1n) is 12.5. The van der Waals surface area contributed by atoms with Crippen LogP contribution in [0.3, 0.4) is 0 Å². The van der Waals surface area contributed by atoms with Crippen molar-refractivity contribution in [1.82, 2.24) is 4.90 Å². The molecule has 5 fully saturated rings. The zero-order valence-electron chi connectivity index (χ0n) is 19.4. The highest BCUT2D eigenvalue weighted by Crippen LogP contribution is 2.62. The molecule has 0 amide bonds. The summed E-state index contributed by atoms with van der Waals surface area (Å²) in [6.07, 6.45) is 5.95. The van der Waals surface area contributed by atoms with Crippen LogP contribution in [-0.2, 0) is 14.3 Å². The number of piperazine rings is 1. The number of hydrogen-bond acceptors (Lipinski definition) is 6. The maximum Gasteiger partial charge on any atom is 0.310 e. The van der Waals surface area contributed by atoms with Crippen molar-refractivity contribution in [3.05, 3.63) is 24.3 Å². The van der Waals surface area contributed by atoms with Gasteiger partial charge in [-0.2, -0.15) is 0 Å². The number of methoxy groups -OCH3 is 1. The molecule has 2 aliphatic carbocycles. The van der Waals surface area contributed by atoms with Gasteiger partial charge in [-0.1, -0.05) is 6.92 Å². The molecule has 1 aromatic carbocycles. The van der Waals surface area contributed by atoms with Crippen LogP contribution in [0, 0.1) is 23.2 Å². The van der Waals surface area contributed by atoms with Crippen LogP contribution in [0.15, 0.2) is 24.3 Å². The van der Waals surface area contributed by atoms with Crippen LogP contribution in [0.5, 0.6) is 5.75 Å². The fourth-order valence-electron chi connectivity index (χ4n) is 7.43. The molecule has 5 aliphatic rings. The molecular weight excluding hydrogens is 404 g/mol. The lowest BCUT2D eigenvalue weighted by atomic mass is 9.53. The SMILES string of the molecule is COc1ccc(N2CCN(C[C@H]3C(=O)O[C@@H]4C[C@@]5(C)CCC[C@@]6(CO6)[C@@H]5C[C@H]43)CC2)cc1. The molecule has 6 atom stereocenters. The number of carbonyl (C=O) groups excluding carboxylic acids is 1. The van der Waals surface area contributed by atoms with E-state index in [4.69, 9.17) is 14.2 Å². The van der Waals surface area contributed by atoms with Gasteiger partial charge in [-0.3, -0.25) is 9.69 Å². The summed E-state index contributed by atoms with van der Waals surface area (Å²) in [6.45, 7) is 8.14. The smallest absolute Gasteiger partial charge is 0.310 e. The molecule has 3 heterocycles. The van der Waals surface area contributed by atoms with Gasteiger partial charge in [0.15, 0.2) is 0 Å². The second kappa shape index (κ2) is 7.63. The third-order valence-electron chi connectivity index (χ3n) is 9.34. The van der Waals surface area contributed by atoms with Gasteiger partial charge in [0.2, 0.25) is 0 Å². The number of fused-ring (bicyclic) bond motifs is 3. The summed E-state index contributed by atoms with van der Waals surface area (Å²) in [7, 11) is 1.70. The Balaban J connectivity index is 1.10. The van der Waals surface area contributed by atoms with Crippen LogP contribution in [0.1, 0.15) is 39.0 Å². The minimum atomic E-state index is 0.0230. The van der Waals surface area contributed by atoms with Gasteiger partial charge in [-0.05, 0) is 67.7 Å². The van der Waals surface area contributed by atoms with Gasteiger partial charge in [0.25, 0.3) is 0 Å². The second-order valence-corrected chi connectivity index (χ2v) is 11.1. The number of benzene rings is 1. The first-order chi connectivity index (χ1) is 15.5. The first kappa shape index (κ1) is 20.8. The molecule has 1 aromatic rings. The highest BCUT2D eigenvalue weighted by molar-refractivity contribution is 5.75. The van der Waals surface area contributed by atoms with E-state index in [0.717, 1.165) is 57.9 Å². The average Bonchev–Trinajstić information content (AvgIpc) is 3.51. The Morgan fingerprint density at radius 2 is 1.88 bits per heavy atom. The standard InChI is InChI=1S/C26H36N2O4/c1-25-8-3-9-26(17-31-26)23(25)14-20-21(24(29)32-22(20)15-25)16-27-10-12-28(13-11-27)18-4-6-19(30-2)7-5-18/h4-7,20-23H,3,8-17H2,1-2H3/t20-,21+,22+,23+,25+,26+/m0/s1. The van der Waals surface area contributed by atoms with Crippen LogP contribution >= 0.6 is 0 Å². The van der Waals surface area contributed by atoms with Crippen molar-refractivity contribution in [3.8, 4) is 5.75 Å². The van der Waals surface area contributed by atoms with Gasteiger partial charge in [-0.25, -0.2) is 0 Å². The summed E-state index contributed by atoms with van der Waals surface area (Å²) in [5, 5.41) is 0. The lowest BCUT2D eigenvalue weighted by molar-refractivity contribution is -0.147. The average molecular weight is 441 g/mol. The lowest BCUT2D eigenvalue weighted by Gasteiger charge is -2.51. The van der Waals surface area contributed by atoms with Crippen molar-refractivity contribution in [2.75, 3.05) is 51.3 Å². The Bertz CT molecular complexity index is 861. The summed E-state index contributed by atoms with van der Waals surface area (Å²) in [5.74, 6) is 1.91. The quantitative estimate of drug-likeness (QED) is 0.529. The zero-order chi connectivity index (χ0) is 21.9. The van der Waals surface area contributed by atoms with Gasteiger partial charge in [-0.15, -0.1) is 0 Å². The molecule has 6 heteroatoms. The normalized spacial score (nSPS) is 41.2. The molecule has 6 nitrogen and oxygen atoms in total. The third-order valence-corrected chi connectivity index (χ3v) is 9.34. The molecule has 1 spiro atoms. The maximum atomic E-state index is 12.9. The van der Waals surface area contributed by atoms with E-state index in [2.05, 4.69) is 28.9 Å². The fraction of sp³-hybridized carbons (Fsp3) is 0.731. The molecule has 32 heavy (non-hydrogen) atoms. The van der Waals surface area contributed by atoms with Crippen LogP contribution in [-0.4, -0.2) is 69.0 Å². The number of rotatable bonds is 4. The van der Waals surface area contributed by atoms with Gasteiger partial charge in [0, 0.05) is 44.3 Å². The second-order valence-electron chi connectivity index (χ2n) is 11.1. The van der Waals surface area contributed by atoms with E-state index in [1.54, 1.807) is 7.11 Å². The molecule has 3 saturated heterocycles. The van der Waals surface area contributed by atoms with Crippen LogP contribution in [0.25, 0.3) is 0 Å². The molecule has 0 radical (unpaired) electrons. The number of epoxide rings is 1. The molecule has 174 valence electrons.